The molecule has 0 aromatic heterocycles. The molecule has 7 heteroatoms. The van der Waals surface area contributed by atoms with E-state index in [1.807, 2.05) is 84.9 Å². The first-order valence-corrected chi connectivity index (χ1v) is 14.7. The van der Waals surface area contributed by atoms with Crippen LogP contribution >= 0.6 is 15.9 Å². The maximum Gasteiger partial charge on any atom is 0.241 e. The highest BCUT2D eigenvalue weighted by Gasteiger charge is 2.48. The number of Topliss-reactive ketones (excluding diaryl/α,β-unsaturated/α-hetero) is 1. The van der Waals surface area contributed by atoms with Crippen molar-refractivity contribution in [2.24, 2.45) is 5.92 Å². The van der Waals surface area contributed by atoms with Gasteiger partial charge in [0, 0.05) is 22.7 Å². The van der Waals surface area contributed by atoms with Crippen molar-refractivity contribution in [1.82, 2.24) is 4.72 Å². The Morgan fingerprint density at radius 2 is 1.42 bits per heavy atom. The number of methoxy groups -OCH3 is 1. The molecule has 0 bridgehead atoms. The SMILES string of the molecule is COc1ccc(S(=O)(=O)NC(c2ccccc2)C2C(=O)C[C@@H](c3ccc(Br)cc3)[C@@H]2c2ccccc2)cc1. The van der Waals surface area contributed by atoms with E-state index in [2.05, 4.69) is 20.7 Å². The summed E-state index contributed by atoms with van der Waals surface area (Å²) in [7, 11) is -2.42. The molecule has 0 spiro atoms. The predicted molar refractivity (Wildman–Crippen MR) is 152 cm³/mol. The lowest BCUT2D eigenvalue weighted by atomic mass is 9.76. The summed E-state index contributed by atoms with van der Waals surface area (Å²) in [4.78, 5) is 14.0. The fourth-order valence-electron chi connectivity index (χ4n) is 5.47. The van der Waals surface area contributed by atoms with Crippen LogP contribution in [0.1, 0.15) is 41.0 Å². The van der Waals surface area contributed by atoms with Crippen LogP contribution < -0.4 is 9.46 Å². The highest BCUT2D eigenvalue weighted by molar-refractivity contribution is 9.10. The molecule has 4 aromatic rings. The van der Waals surface area contributed by atoms with Gasteiger partial charge in [0.05, 0.1) is 18.0 Å². The van der Waals surface area contributed by atoms with Crippen LogP contribution in [0.25, 0.3) is 0 Å². The molecule has 1 saturated carbocycles. The Labute approximate surface area is 232 Å². The van der Waals surface area contributed by atoms with Gasteiger partial charge in [-0.15, -0.1) is 0 Å². The molecule has 1 aliphatic carbocycles. The third-order valence-corrected chi connectivity index (χ3v) is 9.25. The Hall–Kier alpha value is -3.26. The number of carbonyl (C=O) groups is 1. The van der Waals surface area contributed by atoms with Crippen molar-refractivity contribution in [3.05, 3.63) is 130 Å². The average molecular weight is 591 g/mol. The highest BCUT2D eigenvalue weighted by atomic mass is 79.9. The lowest BCUT2D eigenvalue weighted by Crippen LogP contribution is -2.37. The summed E-state index contributed by atoms with van der Waals surface area (Å²) in [6.07, 6.45) is 0.333. The first-order valence-electron chi connectivity index (χ1n) is 12.4. The van der Waals surface area contributed by atoms with Crippen LogP contribution in [0, 0.1) is 5.92 Å². The molecule has 0 radical (unpaired) electrons. The van der Waals surface area contributed by atoms with Crippen molar-refractivity contribution in [2.75, 3.05) is 7.11 Å². The summed E-state index contributed by atoms with van der Waals surface area (Å²) in [5.41, 5.74) is 2.82. The second-order valence-electron chi connectivity index (χ2n) is 9.48. The number of ether oxygens (including phenoxy) is 1. The normalized spacial score (nSPS) is 20.3. The minimum absolute atomic E-state index is 0.0399. The third-order valence-electron chi connectivity index (χ3n) is 7.27. The number of nitrogens with one attached hydrogen (secondary N) is 1. The topological polar surface area (TPSA) is 72.5 Å². The van der Waals surface area contributed by atoms with Gasteiger partial charge in [-0.1, -0.05) is 88.7 Å². The van der Waals surface area contributed by atoms with Gasteiger partial charge in [0.15, 0.2) is 0 Å². The van der Waals surface area contributed by atoms with Crippen LogP contribution in [-0.2, 0) is 14.8 Å². The summed E-state index contributed by atoms with van der Waals surface area (Å²) in [5, 5.41) is 0. The molecule has 4 atom stereocenters. The maximum atomic E-state index is 13.9. The smallest absolute Gasteiger partial charge is 0.241 e. The average Bonchev–Trinajstić information content (AvgIpc) is 3.29. The number of rotatable bonds is 8. The zero-order chi connectivity index (χ0) is 26.7. The minimum atomic E-state index is -3.95. The van der Waals surface area contributed by atoms with E-state index >= 15 is 0 Å². The molecular formula is C31H28BrNO4S. The van der Waals surface area contributed by atoms with Crippen molar-refractivity contribution < 1.29 is 17.9 Å². The summed E-state index contributed by atoms with van der Waals surface area (Å²) in [5.74, 6) is -0.288. The number of hydrogen-bond donors (Lipinski definition) is 1. The van der Waals surface area contributed by atoms with Gasteiger partial charge in [-0.3, -0.25) is 4.79 Å². The summed E-state index contributed by atoms with van der Waals surface area (Å²) in [6, 6.07) is 32.9. The lowest BCUT2D eigenvalue weighted by Gasteiger charge is -2.31. The Morgan fingerprint density at radius 3 is 2.03 bits per heavy atom. The first kappa shape index (κ1) is 26.4. The van der Waals surface area contributed by atoms with E-state index in [-0.39, 0.29) is 22.5 Å². The predicted octanol–water partition coefficient (Wildman–Crippen LogP) is 6.63. The van der Waals surface area contributed by atoms with Gasteiger partial charge in [0.1, 0.15) is 11.5 Å². The van der Waals surface area contributed by atoms with Crippen molar-refractivity contribution >= 4 is 31.7 Å². The molecule has 1 aliphatic rings. The molecule has 0 amide bonds. The Balaban J connectivity index is 1.61. The molecule has 38 heavy (non-hydrogen) atoms. The highest BCUT2D eigenvalue weighted by Crippen LogP contribution is 2.52. The second-order valence-corrected chi connectivity index (χ2v) is 12.1. The van der Waals surface area contributed by atoms with Crippen LogP contribution in [0.3, 0.4) is 0 Å². The zero-order valence-electron chi connectivity index (χ0n) is 20.8. The van der Waals surface area contributed by atoms with E-state index in [1.54, 1.807) is 12.1 Å². The molecule has 1 fully saturated rings. The van der Waals surface area contributed by atoms with Gasteiger partial charge < -0.3 is 4.74 Å². The van der Waals surface area contributed by atoms with E-state index in [9.17, 15) is 13.2 Å². The Kier molecular flexibility index (Phi) is 7.79. The number of halogens is 1. The van der Waals surface area contributed by atoms with Crippen molar-refractivity contribution in [1.29, 1.82) is 0 Å². The lowest BCUT2D eigenvalue weighted by molar-refractivity contribution is -0.121. The van der Waals surface area contributed by atoms with E-state index in [0.29, 0.717) is 12.2 Å². The van der Waals surface area contributed by atoms with Crippen molar-refractivity contribution in [2.45, 2.75) is 29.2 Å². The van der Waals surface area contributed by atoms with Gasteiger partial charge >= 0.3 is 0 Å². The minimum Gasteiger partial charge on any atom is -0.497 e. The quantitative estimate of drug-likeness (QED) is 0.250. The molecule has 4 aromatic carbocycles. The first-order chi connectivity index (χ1) is 18.4. The van der Waals surface area contributed by atoms with Crippen molar-refractivity contribution in [3.63, 3.8) is 0 Å². The van der Waals surface area contributed by atoms with Crippen LogP contribution in [0.15, 0.2) is 119 Å². The number of carbonyl (C=O) groups excluding carboxylic acids is 1. The second kappa shape index (κ2) is 11.2. The number of sulfonamides is 1. The third kappa shape index (κ3) is 5.46. The summed E-state index contributed by atoms with van der Waals surface area (Å²) >= 11 is 3.50. The molecule has 2 unspecified atom stereocenters. The fraction of sp³-hybridized carbons (Fsp3) is 0.194. The van der Waals surface area contributed by atoms with Crippen LogP contribution in [0.4, 0.5) is 0 Å². The van der Waals surface area contributed by atoms with Gasteiger partial charge in [0.25, 0.3) is 0 Å². The molecule has 1 N–H and O–H groups in total. The summed E-state index contributed by atoms with van der Waals surface area (Å²) in [6.45, 7) is 0. The van der Waals surface area contributed by atoms with E-state index in [1.165, 1.54) is 19.2 Å². The van der Waals surface area contributed by atoms with Gasteiger partial charge in [0.2, 0.25) is 10.0 Å². The van der Waals surface area contributed by atoms with Gasteiger partial charge in [-0.25, -0.2) is 13.1 Å². The number of ketones is 1. The molecule has 5 rings (SSSR count). The molecule has 0 heterocycles. The molecule has 5 nitrogen and oxygen atoms in total. The monoisotopic (exact) mass is 589 g/mol. The van der Waals surface area contributed by atoms with Crippen LogP contribution in [0.2, 0.25) is 0 Å². The zero-order valence-corrected chi connectivity index (χ0v) is 23.2. The van der Waals surface area contributed by atoms with E-state index in [4.69, 9.17) is 4.74 Å². The van der Waals surface area contributed by atoms with Crippen molar-refractivity contribution in [3.8, 4) is 5.75 Å². The van der Waals surface area contributed by atoms with Gasteiger partial charge in [-0.05, 0) is 59.0 Å². The molecular weight excluding hydrogens is 562 g/mol. The Bertz CT molecular complexity index is 1490. The largest absolute Gasteiger partial charge is 0.497 e. The maximum absolute atomic E-state index is 13.9. The fourth-order valence-corrected chi connectivity index (χ4v) is 6.98. The molecule has 0 aliphatic heterocycles. The molecule has 0 saturated heterocycles. The summed E-state index contributed by atoms with van der Waals surface area (Å²) < 4.78 is 36.4. The van der Waals surface area contributed by atoms with Gasteiger partial charge in [-0.2, -0.15) is 0 Å². The molecule has 194 valence electrons. The number of benzene rings is 4. The van der Waals surface area contributed by atoms with Crippen LogP contribution in [-0.4, -0.2) is 21.3 Å². The Morgan fingerprint density at radius 1 is 0.816 bits per heavy atom. The van der Waals surface area contributed by atoms with E-state index < -0.39 is 22.0 Å². The van der Waals surface area contributed by atoms with E-state index in [0.717, 1.165) is 21.2 Å². The van der Waals surface area contributed by atoms with Crippen LogP contribution in [0.5, 0.6) is 5.75 Å². The standard InChI is InChI=1S/C31H28BrNO4S/c1-37-25-16-18-26(19-17-25)38(35,36)33-31(23-10-6-3-7-11-23)30-28(34)20-27(21-12-14-24(32)15-13-21)29(30)22-8-4-2-5-9-22/h2-19,27,29-31,33H,20H2,1H3/t27-,29-,30?,31?/m0/s1. The number of hydrogen-bond acceptors (Lipinski definition) is 4.